The summed E-state index contributed by atoms with van der Waals surface area (Å²) in [6, 6.07) is 8.65. The highest BCUT2D eigenvalue weighted by atomic mass is 16.3. The van der Waals surface area contributed by atoms with Crippen molar-refractivity contribution in [3.05, 3.63) is 29.8 Å². The molecule has 1 aromatic carbocycles. The molecule has 0 spiro atoms. The fraction of sp³-hybridized carbons (Fsp3) is 0.588. The highest BCUT2D eigenvalue weighted by Crippen LogP contribution is 2.30. The maximum atomic E-state index is 11.9. The van der Waals surface area contributed by atoms with Gasteiger partial charge in [0.05, 0.1) is 0 Å². The number of likely N-dealkylation sites (tertiary alicyclic amines) is 1. The highest BCUT2D eigenvalue weighted by molar-refractivity contribution is 5.80. The predicted octanol–water partition coefficient (Wildman–Crippen LogP) is 2.07. The average Bonchev–Trinajstić information content (AvgIpc) is 3.23. The minimum absolute atomic E-state index is 0.313. The topological polar surface area (TPSA) is 52.6 Å². The van der Waals surface area contributed by atoms with E-state index >= 15 is 0 Å². The van der Waals surface area contributed by atoms with Crippen LogP contribution in [-0.4, -0.2) is 40.6 Å². The van der Waals surface area contributed by atoms with Crippen molar-refractivity contribution in [2.75, 3.05) is 6.54 Å². The molecule has 1 heterocycles. The summed E-state index contributed by atoms with van der Waals surface area (Å²) in [6.07, 6.45) is 5.06. The zero-order valence-electron chi connectivity index (χ0n) is 12.6. The molecule has 2 fully saturated rings. The number of nitrogens with one attached hydrogen (secondary N) is 1. The summed E-state index contributed by atoms with van der Waals surface area (Å²) in [6.45, 7) is 3.07. The Hall–Kier alpha value is -1.55. The summed E-state index contributed by atoms with van der Waals surface area (Å²) in [4.78, 5) is 14.0. The molecule has 0 aromatic heterocycles. The smallest absolute Gasteiger partial charge is 0.224 e. The van der Waals surface area contributed by atoms with Crippen LogP contribution in [-0.2, 0) is 11.2 Å². The number of amides is 1. The van der Waals surface area contributed by atoms with Gasteiger partial charge in [-0.05, 0) is 50.3 Å². The van der Waals surface area contributed by atoms with Gasteiger partial charge in [-0.3, -0.25) is 4.79 Å². The monoisotopic (exact) mass is 288 g/mol. The first kappa shape index (κ1) is 14.4. The molecular formula is C17H24N2O2. The number of carbonyl (C=O) groups excluding carboxylic acids is 1. The summed E-state index contributed by atoms with van der Waals surface area (Å²) in [5.74, 6) is 0.635. The van der Waals surface area contributed by atoms with Crippen LogP contribution in [0.1, 0.15) is 38.2 Å². The Morgan fingerprint density at radius 1 is 1.33 bits per heavy atom. The van der Waals surface area contributed by atoms with Gasteiger partial charge in [0, 0.05) is 31.1 Å². The van der Waals surface area contributed by atoms with E-state index in [9.17, 15) is 9.90 Å². The maximum absolute atomic E-state index is 11.9. The molecule has 0 bridgehead atoms. The number of carbonyl (C=O) groups is 1. The van der Waals surface area contributed by atoms with Gasteiger partial charge in [0.1, 0.15) is 5.75 Å². The number of aromatic hydroxyl groups is 1. The van der Waals surface area contributed by atoms with E-state index in [4.69, 9.17) is 0 Å². The number of hydrogen-bond donors (Lipinski definition) is 2. The van der Waals surface area contributed by atoms with Crippen LogP contribution < -0.4 is 5.32 Å². The van der Waals surface area contributed by atoms with Gasteiger partial charge in [0.15, 0.2) is 0 Å². The molecule has 0 radical (unpaired) electrons. The molecule has 2 unspecified atom stereocenters. The molecule has 2 N–H and O–H groups in total. The number of phenolic OH excluding ortho intramolecular Hbond substituents is 1. The van der Waals surface area contributed by atoms with Crippen LogP contribution in [0.15, 0.2) is 24.3 Å². The molecular weight excluding hydrogens is 264 g/mol. The third-order valence-corrected chi connectivity index (χ3v) is 4.47. The zero-order valence-corrected chi connectivity index (χ0v) is 12.6. The van der Waals surface area contributed by atoms with Crippen LogP contribution in [0.4, 0.5) is 0 Å². The Morgan fingerprint density at radius 3 is 2.71 bits per heavy atom. The van der Waals surface area contributed by atoms with Crippen molar-refractivity contribution in [3.8, 4) is 5.75 Å². The number of hydrogen-bond acceptors (Lipinski definition) is 3. The highest BCUT2D eigenvalue weighted by Gasteiger charge is 2.39. The molecule has 1 aliphatic heterocycles. The van der Waals surface area contributed by atoms with E-state index in [1.165, 1.54) is 18.4 Å². The molecule has 1 saturated carbocycles. The van der Waals surface area contributed by atoms with E-state index < -0.39 is 0 Å². The minimum Gasteiger partial charge on any atom is -0.508 e. The van der Waals surface area contributed by atoms with E-state index in [1.807, 2.05) is 12.1 Å². The summed E-state index contributed by atoms with van der Waals surface area (Å²) in [5, 5.41) is 12.9. The van der Waals surface area contributed by atoms with Crippen molar-refractivity contribution in [1.82, 2.24) is 10.2 Å². The second-order valence-electron chi connectivity index (χ2n) is 6.45. The average molecular weight is 288 g/mol. The zero-order chi connectivity index (χ0) is 14.8. The lowest BCUT2D eigenvalue weighted by molar-refractivity contribution is -0.128. The first-order valence-electron chi connectivity index (χ1n) is 7.95. The molecule has 1 amide bonds. The van der Waals surface area contributed by atoms with Gasteiger partial charge in [-0.15, -0.1) is 0 Å². The fourth-order valence-electron chi connectivity index (χ4n) is 3.11. The lowest BCUT2D eigenvalue weighted by atomic mass is 10.1. The van der Waals surface area contributed by atoms with Crippen LogP contribution in [0.5, 0.6) is 5.75 Å². The SMILES string of the molecule is CC(CCc1ccc(O)cc1)NC1CC(=O)N(C2CC2)C1. The van der Waals surface area contributed by atoms with Gasteiger partial charge in [0.2, 0.25) is 5.91 Å². The Morgan fingerprint density at radius 2 is 2.05 bits per heavy atom. The van der Waals surface area contributed by atoms with Crippen LogP contribution in [0.2, 0.25) is 0 Å². The molecule has 21 heavy (non-hydrogen) atoms. The Balaban J connectivity index is 1.43. The second-order valence-corrected chi connectivity index (χ2v) is 6.45. The van der Waals surface area contributed by atoms with Gasteiger partial charge in [-0.25, -0.2) is 0 Å². The number of nitrogens with zero attached hydrogens (tertiary/aromatic N) is 1. The summed E-state index contributed by atoms with van der Waals surface area (Å²) < 4.78 is 0. The molecule has 4 nitrogen and oxygen atoms in total. The minimum atomic E-state index is 0.313. The molecule has 1 aromatic rings. The molecule has 2 atom stereocenters. The van der Waals surface area contributed by atoms with Gasteiger partial charge < -0.3 is 15.3 Å². The molecule has 114 valence electrons. The summed E-state index contributed by atoms with van der Waals surface area (Å²) >= 11 is 0. The third kappa shape index (κ3) is 3.76. The van der Waals surface area contributed by atoms with Crippen molar-refractivity contribution in [2.45, 2.75) is 57.2 Å². The van der Waals surface area contributed by atoms with Crippen molar-refractivity contribution in [3.63, 3.8) is 0 Å². The van der Waals surface area contributed by atoms with E-state index in [0.29, 0.717) is 36.2 Å². The second kappa shape index (κ2) is 6.06. The van der Waals surface area contributed by atoms with Gasteiger partial charge >= 0.3 is 0 Å². The molecule has 1 saturated heterocycles. The lowest BCUT2D eigenvalue weighted by Crippen LogP contribution is -2.39. The van der Waals surface area contributed by atoms with Crippen LogP contribution >= 0.6 is 0 Å². The molecule has 2 aliphatic rings. The van der Waals surface area contributed by atoms with Crippen molar-refractivity contribution in [1.29, 1.82) is 0 Å². The standard InChI is InChI=1S/C17H24N2O2/c1-12(2-3-13-4-8-16(20)9-5-13)18-14-10-17(21)19(11-14)15-6-7-15/h4-5,8-9,12,14-15,18,20H,2-3,6-7,10-11H2,1H3. The first-order chi connectivity index (χ1) is 10.1. The van der Waals surface area contributed by atoms with E-state index in [2.05, 4.69) is 17.1 Å². The van der Waals surface area contributed by atoms with Crippen molar-refractivity contribution in [2.24, 2.45) is 0 Å². The van der Waals surface area contributed by atoms with Crippen molar-refractivity contribution < 1.29 is 9.90 Å². The summed E-state index contributed by atoms with van der Waals surface area (Å²) in [7, 11) is 0. The molecule has 1 aliphatic carbocycles. The van der Waals surface area contributed by atoms with Crippen molar-refractivity contribution >= 4 is 5.91 Å². The number of phenols is 1. The normalized spacial score (nSPS) is 23.6. The lowest BCUT2D eigenvalue weighted by Gasteiger charge is -2.20. The van der Waals surface area contributed by atoms with Gasteiger partial charge in [-0.2, -0.15) is 0 Å². The summed E-state index contributed by atoms with van der Waals surface area (Å²) in [5.41, 5.74) is 1.24. The Labute approximate surface area is 126 Å². The third-order valence-electron chi connectivity index (χ3n) is 4.47. The molecule has 3 rings (SSSR count). The van der Waals surface area contributed by atoms with E-state index in [0.717, 1.165) is 19.4 Å². The van der Waals surface area contributed by atoms with Gasteiger partial charge in [-0.1, -0.05) is 12.1 Å². The van der Waals surface area contributed by atoms with Crippen LogP contribution in [0, 0.1) is 0 Å². The quantitative estimate of drug-likeness (QED) is 0.842. The predicted molar refractivity (Wildman–Crippen MR) is 82.2 cm³/mol. The Kier molecular flexibility index (Phi) is 4.15. The van der Waals surface area contributed by atoms with E-state index in [1.54, 1.807) is 12.1 Å². The number of aryl methyl sites for hydroxylation is 1. The number of benzene rings is 1. The van der Waals surface area contributed by atoms with E-state index in [-0.39, 0.29) is 0 Å². The maximum Gasteiger partial charge on any atom is 0.224 e. The van der Waals surface area contributed by atoms with Crippen LogP contribution in [0.25, 0.3) is 0 Å². The van der Waals surface area contributed by atoms with Crippen LogP contribution in [0.3, 0.4) is 0 Å². The first-order valence-corrected chi connectivity index (χ1v) is 7.95. The largest absolute Gasteiger partial charge is 0.508 e. The fourth-order valence-corrected chi connectivity index (χ4v) is 3.11. The Bertz CT molecular complexity index is 496. The number of rotatable bonds is 6. The van der Waals surface area contributed by atoms with Gasteiger partial charge in [0.25, 0.3) is 0 Å². The molecule has 4 heteroatoms.